The van der Waals surface area contributed by atoms with Gasteiger partial charge in [-0.3, -0.25) is 4.90 Å². The van der Waals surface area contributed by atoms with E-state index >= 15 is 0 Å². The fourth-order valence-electron chi connectivity index (χ4n) is 2.18. The third kappa shape index (κ3) is 4.24. The Morgan fingerprint density at radius 1 is 1.62 bits per heavy atom. The van der Waals surface area contributed by atoms with Crippen molar-refractivity contribution in [3.05, 3.63) is 12.2 Å². The molecule has 1 aliphatic heterocycles. The number of nitrogens with zero attached hydrogens (tertiary/aromatic N) is 1. The van der Waals surface area contributed by atoms with Crippen LogP contribution in [-0.2, 0) is 4.74 Å². The van der Waals surface area contributed by atoms with Crippen LogP contribution in [-0.4, -0.2) is 50.3 Å². The maximum Gasteiger partial charge on any atom is 0.0855 e. The minimum Gasteiger partial charge on any atom is -0.374 e. The molecule has 2 unspecified atom stereocenters. The molecule has 0 aromatic carbocycles. The monoisotopic (exact) mass is 226 g/mol. The smallest absolute Gasteiger partial charge is 0.0855 e. The first-order valence-corrected chi connectivity index (χ1v) is 6.33. The van der Waals surface area contributed by atoms with Gasteiger partial charge in [0.25, 0.3) is 0 Å². The van der Waals surface area contributed by atoms with E-state index in [1.807, 2.05) is 7.05 Å². The second-order valence-corrected chi connectivity index (χ2v) is 4.69. The van der Waals surface area contributed by atoms with Crippen molar-refractivity contribution in [2.24, 2.45) is 0 Å². The molecule has 0 spiro atoms. The van der Waals surface area contributed by atoms with Crippen molar-refractivity contribution < 1.29 is 4.74 Å². The summed E-state index contributed by atoms with van der Waals surface area (Å²) in [5, 5.41) is 3.38. The molecule has 1 saturated heterocycles. The van der Waals surface area contributed by atoms with E-state index in [1.54, 1.807) is 0 Å². The van der Waals surface area contributed by atoms with Crippen LogP contribution in [0.4, 0.5) is 0 Å². The van der Waals surface area contributed by atoms with Gasteiger partial charge in [-0.25, -0.2) is 0 Å². The molecular formula is C13H26N2O. The van der Waals surface area contributed by atoms with E-state index in [1.165, 1.54) is 5.57 Å². The van der Waals surface area contributed by atoms with Crippen molar-refractivity contribution >= 4 is 0 Å². The van der Waals surface area contributed by atoms with Crippen molar-refractivity contribution in [3.63, 3.8) is 0 Å². The Morgan fingerprint density at radius 2 is 2.38 bits per heavy atom. The molecule has 1 heterocycles. The van der Waals surface area contributed by atoms with Crippen LogP contribution < -0.4 is 5.32 Å². The number of ether oxygens (including phenoxy) is 1. The molecule has 3 heteroatoms. The average molecular weight is 226 g/mol. The molecule has 94 valence electrons. The molecule has 0 amide bonds. The van der Waals surface area contributed by atoms with Crippen LogP contribution in [0.2, 0.25) is 0 Å². The number of hydrogen-bond donors (Lipinski definition) is 1. The summed E-state index contributed by atoms with van der Waals surface area (Å²) in [4.78, 5) is 2.46. The Kier molecular flexibility index (Phi) is 6.03. The molecule has 0 radical (unpaired) electrons. The van der Waals surface area contributed by atoms with Crippen LogP contribution in [0.3, 0.4) is 0 Å². The first-order chi connectivity index (χ1) is 7.67. The predicted octanol–water partition coefficient (Wildman–Crippen LogP) is 1.65. The Balaban J connectivity index is 2.41. The van der Waals surface area contributed by atoms with Gasteiger partial charge in [0, 0.05) is 19.1 Å². The van der Waals surface area contributed by atoms with Gasteiger partial charge in [-0.1, -0.05) is 12.5 Å². The van der Waals surface area contributed by atoms with E-state index < -0.39 is 0 Å². The van der Waals surface area contributed by atoms with E-state index in [0.29, 0.717) is 12.1 Å². The van der Waals surface area contributed by atoms with Crippen molar-refractivity contribution in [1.82, 2.24) is 10.2 Å². The third-order valence-corrected chi connectivity index (χ3v) is 3.33. The van der Waals surface area contributed by atoms with Crippen molar-refractivity contribution in [3.8, 4) is 0 Å². The molecule has 16 heavy (non-hydrogen) atoms. The van der Waals surface area contributed by atoms with Crippen molar-refractivity contribution in [2.45, 2.75) is 38.8 Å². The molecular weight excluding hydrogens is 200 g/mol. The molecule has 1 N–H and O–H groups in total. The fourth-order valence-corrected chi connectivity index (χ4v) is 2.18. The van der Waals surface area contributed by atoms with Crippen molar-refractivity contribution in [2.75, 3.05) is 33.3 Å². The summed E-state index contributed by atoms with van der Waals surface area (Å²) in [7, 11) is 2.03. The lowest BCUT2D eigenvalue weighted by Gasteiger charge is -2.36. The second kappa shape index (κ2) is 7.05. The highest BCUT2D eigenvalue weighted by Gasteiger charge is 2.26. The zero-order valence-electron chi connectivity index (χ0n) is 11.0. The number of morpholine rings is 1. The van der Waals surface area contributed by atoms with Crippen LogP contribution >= 0.6 is 0 Å². The molecule has 0 aromatic heterocycles. The Morgan fingerprint density at radius 3 is 2.94 bits per heavy atom. The van der Waals surface area contributed by atoms with Crippen LogP contribution in [0.1, 0.15) is 26.7 Å². The summed E-state index contributed by atoms with van der Waals surface area (Å²) in [6.07, 6.45) is 2.53. The Bertz CT molecular complexity index is 218. The average Bonchev–Trinajstić information content (AvgIpc) is 2.30. The zero-order valence-corrected chi connectivity index (χ0v) is 11.0. The standard InChI is InChI=1S/C13H26N2O/c1-5-15-8-9-16-13(10-15)12(14-4)7-6-11(2)3/h12-14H,2,5-10H2,1,3-4H3. The van der Waals surface area contributed by atoms with Gasteiger partial charge in [-0.05, 0) is 33.4 Å². The van der Waals surface area contributed by atoms with E-state index in [2.05, 4.69) is 30.6 Å². The minimum atomic E-state index is 0.332. The minimum absolute atomic E-state index is 0.332. The quantitative estimate of drug-likeness (QED) is 0.697. The maximum atomic E-state index is 5.86. The highest BCUT2D eigenvalue weighted by atomic mass is 16.5. The number of rotatable bonds is 6. The Hall–Kier alpha value is -0.380. The van der Waals surface area contributed by atoms with E-state index in [9.17, 15) is 0 Å². The summed E-state index contributed by atoms with van der Waals surface area (Å²) in [6.45, 7) is 12.4. The number of nitrogens with one attached hydrogen (secondary N) is 1. The fraction of sp³-hybridized carbons (Fsp3) is 0.846. The van der Waals surface area contributed by atoms with Gasteiger partial charge >= 0.3 is 0 Å². The van der Waals surface area contributed by atoms with Crippen LogP contribution in [0.5, 0.6) is 0 Å². The molecule has 1 aliphatic rings. The molecule has 3 nitrogen and oxygen atoms in total. The summed E-state index contributed by atoms with van der Waals surface area (Å²) in [5.74, 6) is 0. The van der Waals surface area contributed by atoms with Crippen LogP contribution in [0.15, 0.2) is 12.2 Å². The third-order valence-electron chi connectivity index (χ3n) is 3.33. The molecule has 0 aromatic rings. The first kappa shape index (κ1) is 13.7. The predicted molar refractivity (Wildman–Crippen MR) is 68.7 cm³/mol. The van der Waals surface area contributed by atoms with Gasteiger partial charge in [0.2, 0.25) is 0 Å². The van der Waals surface area contributed by atoms with E-state index in [-0.39, 0.29) is 0 Å². The van der Waals surface area contributed by atoms with Crippen molar-refractivity contribution in [1.29, 1.82) is 0 Å². The lowest BCUT2D eigenvalue weighted by Crippen LogP contribution is -2.51. The SMILES string of the molecule is C=C(C)CCC(NC)C1CN(CC)CCO1. The normalized spacial score (nSPS) is 24.3. The molecule has 2 atom stereocenters. The lowest BCUT2D eigenvalue weighted by molar-refractivity contribution is -0.0449. The summed E-state index contributed by atoms with van der Waals surface area (Å²) >= 11 is 0. The highest BCUT2D eigenvalue weighted by molar-refractivity contribution is 4.91. The van der Waals surface area contributed by atoms with Crippen LogP contribution in [0, 0.1) is 0 Å². The first-order valence-electron chi connectivity index (χ1n) is 6.33. The molecule has 1 fully saturated rings. The molecule has 0 aliphatic carbocycles. The summed E-state index contributed by atoms with van der Waals surface area (Å²) in [5.41, 5.74) is 1.25. The zero-order chi connectivity index (χ0) is 12.0. The van der Waals surface area contributed by atoms with Gasteiger partial charge in [-0.15, -0.1) is 6.58 Å². The largest absolute Gasteiger partial charge is 0.374 e. The summed E-state index contributed by atoms with van der Waals surface area (Å²) < 4.78 is 5.86. The van der Waals surface area contributed by atoms with Gasteiger partial charge in [0.15, 0.2) is 0 Å². The number of allylic oxidation sites excluding steroid dienone is 1. The van der Waals surface area contributed by atoms with Gasteiger partial charge in [-0.2, -0.15) is 0 Å². The number of likely N-dealkylation sites (N-methyl/N-ethyl adjacent to an activating group) is 2. The molecule has 1 rings (SSSR count). The van der Waals surface area contributed by atoms with E-state index in [0.717, 1.165) is 39.1 Å². The van der Waals surface area contributed by atoms with Crippen LogP contribution in [0.25, 0.3) is 0 Å². The van der Waals surface area contributed by atoms with E-state index in [4.69, 9.17) is 4.74 Å². The second-order valence-electron chi connectivity index (χ2n) is 4.69. The topological polar surface area (TPSA) is 24.5 Å². The molecule has 0 bridgehead atoms. The maximum absolute atomic E-state index is 5.86. The van der Waals surface area contributed by atoms with Gasteiger partial charge in [0.1, 0.15) is 0 Å². The highest BCUT2D eigenvalue weighted by Crippen LogP contribution is 2.14. The summed E-state index contributed by atoms with van der Waals surface area (Å²) in [6, 6.07) is 0.450. The Labute approximate surface area is 99.8 Å². The molecule has 0 saturated carbocycles. The lowest BCUT2D eigenvalue weighted by atomic mass is 10.0. The number of hydrogen-bond acceptors (Lipinski definition) is 3. The van der Waals surface area contributed by atoms with Gasteiger partial charge < -0.3 is 10.1 Å². The van der Waals surface area contributed by atoms with Gasteiger partial charge in [0.05, 0.1) is 12.7 Å².